The summed E-state index contributed by atoms with van der Waals surface area (Å²) in [6.07, 6.45) is 0. The molecule has 1 heterocycles. The van der Waals surface area contributed by atoms with Gasteiger partial charge in [-0.15, -0.1) is 0 Å². The molecule has 0 bridgehead atoms. The van der Waals surface area contributed by atoms with Gasteiger partial charge >= 0.3 is 0 Å². The Morgan fingerprint density at radius 2 is 1.94 bits per heavy atom. The summed E-state index contributed by atoms with van der Waals surface area (Å²) in [6, 6.07) is 8.98. The zero-order valence-electron chi connectivity index (χ0n) is 10.8. The number of rotatable bonds is 2. The first kappa shape index (κ1) is 12.8. The Morgan fingerprint density at radius 1 is 1.24 bits per heavy atom. The normalized spacial score (nSPS) is 21.2. The fraction of sp³-hybridized carbons (Fsp3) is 0.571. The van der Waals surface area contributed by atoms with Gasteiger partial charge in [-0.1, -0.05) is 12.1 Å². The Labute approximate surface area is 108 Å². The molecule has 1 unspecified atom stereocenters. The number of thioether (sulfide) groups is 1. The van der Waals surface area contributed by atoms with Crippen LogP contribution in [0, 0.1) is 0 Å². The Bertz CT molecular complexity index is 349. The maximum Gasteiger partial charge on any atom is 0.120 e. The zero-order valence-corrected chi connectivity index (χ0v) is 11.6. The van der Waals surface area contributed by atoms with Crippen molar-refractivity contribution in [2.75, 3.05) is 18.1 Å². The molecule has 1 saturated heterocycles. The van der Waals surface area contributed by atoms with Crippen molar-refractivity contribution in [2.24, 2.45) is 0 Å². The topological polar surface area (TPSA) is 21.3 Å². The van der Waals surface area contributed by atoms with E-state index in [2.05, 4.69) is 50.4 Å². The Morgan fingerprint density at radius 3 is 2.47 bits per heavy atom. The third-order valence-electron chi connectivity index (χ3n) is 2.63. The second-order valence-corrected chi connectivity index (χ2v) is 6.51. The molecule has 1 aliphatic rings. The Kier molecular flexibility index (Phi) is 4.00. The molecule has 1 aliphatic heterocycles. The van der Waals surface area contributed by atoms with Gasteiger partial charge in [0.05, 0.1) is 0 Å². The molecule has 0 aliphatic carbocycles. The van der Waals surface area contributed by atoms with Crippen molar-refractivity contribution in [3.63, 3.8) is 0 Å². The van der Waals surface area contributed by atoms with E-state index in [-0.39, 0.29) is 5.60 Å². The lowest BCUT2D eigenvalue weighted by atomic mass is 10.1. The average Bonchev–Trinajstić information content (AvgIpc) is 2.29. The molecule has 17 heavy (non-hydrogen) atoms. The van der Waals surface area contributed by atoms with Crippen LogP contribution >= 0.6 is 11.8 Å². The summed E-state index contributed by atoms with van der Waals surface area (Å²) in [5, 5.41) is 3.54. The molecular weight excluding hydrogens is 230 g/mol. The highest BCUT2D eigenvalue weighted by Crippen LogP contribution is 2.25. The predicted molar refractivity (Wildman–Crippen MR) is 74.9 cm³/mol. The van der Waals surface area contributed by atoms with Gasteiger partial charge in [0, 0.05) is 24.1 Å². The Hall–Kier alpha value is -0.670. The minimum Gasteiger partial charge on any atom is -0.488 e. The maximum atomic E-state index is 5.82. The average molecular weight is 251 g/mol. The first-order valence-electron chi connectivity index (χ1n) is 6.15. The molecule has 0 radical (unpaired) electrons. The van der Waals surface area contributed by atoms with Crippen LogP contribution in [0.25, 0.3) is 0 Å². The summed E-state index contributed by atoms with van der Waals surface area (Å²) in [6.45, 7) is 7.32. The van der Waals surface area contributed by atoms with Gasteiger partial charge in [0.2, 0.25) is 0 Å². The molecule has 0 saturated carbocycles. The van der Waals surface area contributed by atoms with Crippen LogP contribution in [0.3, 0.4) is 0 Å². The fourth-order valence-electron chi connectivity index (χ4n) is 1.90. The van der Waals surface area contributed by atoms with Gasteiger partial charge < -0.3 is 10.1 Å². The fourth-order valence-corrected chi connectivity index (χ4v) is 2.88. The molecule has 2 nitrogen and oxygen atoms in total. The number of hydrogen-bond acceptors (Lipinski definition) is 3. The minimum absolute atomic E-state index is 0.125. The van der Waals surface area contributed by atoms with Gasteiger partial charge in [-0.3, -0.25) is 0 Å². The van der Waals surface area contributed by atoms with E-state index in [1.165, 1.54) is 17.1 Å². The van der Waals surface area contributed by atoms with E-state index in [0.29, 0.717) is 6.04 Å². The van der Waals surface area contributed by atoms with Gasteiger partial charge in [0.15, 0.2) is 0 Å². The van der Waals surface area contributed by atoms with Crippen LogP contribution in [0.15, 0.2) is 24.3 Å². The van der Waals surface area contributed by atoms with Crippen LogP contribution in [-0.2, 0) is 0 Å². The van der Waals surface area contributed by atoms with Crippen molar-refractivity contribution >= 4 is 11.8 Å². The van der Waals surface area contributed by atoms with E-state index in [1.54, 1.807) is 0 Å². The lowest BCUT2D eigenvalue weighted by Crippen LogP contribution is -2.30. The third kappa shape index (κ3) is 3.93. The SMILES string of the molecule is CC(C)(C)Oc1ccc(C2CSCCN2)cc1. The van der Waals surface area contributed by atoms with Crippen molar-refractivity contribution in [1.82, 2.24) is 5.32 Å². The van der Waals surface area contributed by atoms with Crippen LogP contribution in [0.2, 0.25) is 0 Å². The van der Waals surface area contributed by atoms with Crippen LogP contribution in [0.1, 0.15) is 32.4 Å². The summed E-state index contributed by atoms with van der Waals surface area (Å²) >= 11 is 2.02. The quantitative estimate of drug-likeness (QED) is 0.872. The van der Waals surface area contributed by atoms with Crippen LogP contribution in [0.5, 0.6) is 5.75 Å². The van der Waals surface area contributed by atoms with Gasteiger partial charge in [-0.25, -0.2) is 0 Å². The van der Waals surface area contributed by atoms with Gasteiger partial charge in [-0.05, 0) is 38.5 Å². The summed E-state index contributed by atoms with van der Waals surface area (Å²) in [7, 11) is 0. The standard InChI is InChI=1S/C14H21NOS/c1-14(2,3)16-12-6-4-11(5-7-12)13-10-17-9-8-15-13/h4-7,13,15H,8-10H2,1-3H3. The Balaban J connectivity index is 2.02. The highest BCUT2D eigenvalue weighted by Gasteiger charge is 2.16. The number of nitrogens with one attached hydrogen (secondary N) is 1. The highest BCUT2D eigenvalue weighted by molar-refractivity contribution is 7.99. The van der Waals surface area contributed by atoms with Crippen molar-refractivity contribution < 1.29 is 4.74 Å². The molecule has 0 aromatic heterocycles. The predicted octanol–water partition coefficient (Wildman–Crippen LogP) is 3.24. The lowest BCUT2D eigenvalue weighted by molar-refractivity contribution is 0.131. The van der Waals surface area contributed by atoms with Crippen LogP contribution in [0.4, 0.5) is 0 Å². The molecule has 1 N–H and O–H groups in total. The number of benzene rings is 1. The second kappa shape index (κ2) is 5.32. The summed E-state index contributed by atoms with van der Waals surface area (Å²) in [5.41, 5.74) is 1.24. The van der Waals surface area contributed by atoms with E-state index in [0.717, 1.165) is 12.3 Å². The molecule has 2 rings (SSSR count). The molecule has 1 atom stereocenters. The summed E-state index contributed by atoms with van der Waals surface area (Å²) in [4.78, 5) is 0. The number of ether oxygens (including phenoxy) is 1. The molecular formula is C14H21NOS. The van der Waals surface area contributed by atoms with Crippen molar-refractivity contribution in [2.45, 2.75) is 32.4 Å². The lowest BCUT2D eigenvalue weighted by Gasteiger charge is -2.25. The smallest absolute Gasteiger partial charge is 0.120 e. The highest BCUT2D eigenvalue weighted by atomic mass is 32.2. The molecule has 3 heteroatoms. The van der Waals surface area contributed by atoms with Crippen molar-refractivity contribution in [3.05, 3.63) is 29.8 Å². The van der Waals surface area contributed by atoms with Gasteiger partial charge in [0.25, 0.3) is 0 Å². The molecule has 1 aromatic rings. The molecule has 1 fully saturated rings. The van der Waals surface area contributed by atoms with Crippen molar-refractivity contribution in [3.8, 4) is 5.75 Å². The first-order chi connectivity index (χ1) is 8.04. The largest absolute Gasteiger partial charge is 0.488 e. The monoisotopic (exact) mass is 251 g/mol. The van der Waals surface area contributed by atoms with Crippen LogP contribution in [-0.4, -0.2) is 23.7 Å². The maximum absolute atomic E-state index is 5.82. The minimum atomic E-state index is -0.125. The van der Waals surface area contributed by atoms with E-state index in [1.807, 2.05) is 11.8 Å². The number of hydrogen-bond donors (Lipinski definition) is 1. The van der Waals surface area contributed by atoms with Crippen LogP contribution < -0.4 is 10.1 Å². The molecule has 94 valence electrons. The van der Waals surface area contributed by atoms with Crippen molar-refractivity contribution in [1.29, 1.82) is 0 Å². The van der Waals surface area contributed by atoms with E-state index in [4.69, 9.17) is 4.74 Å². The van der Waals surface area contributed by atoms with E-state index < -0.39 is 0 Å². The molecule has 0 spiro atoms. The van der Waals surface area contributed by atoms with E-state index >= 15 is 0 Å². The third-order valence-corrected chi connectivity index (χ3v) is 3.69. The second-order valence-electron chi connectivity index (χ2n) is 5.37. The van der Waals surface area contributed by atoms with Gasteiger partial charge in [-0.2, -0.15) is 11.8 Å². The molecule has 0 amide bonds. The van der Waals surface area contributed by atoms with E-state index in [9.17, 15) is 0 Å². The first-order valence-corrected chi connectivity index (χ1v) is 7.30. The zero-order chi connectivity index (χ0) is 12.3. The van der Waals surface area contributed by atoms with Gasteiger partial charge in [0.1, 0.15) is 11.4 Å². The summed E-state index contributed by atoms with van der Waals surface area (Å²) in [5.74, 6) is 3.34. The summed E-state index contributed by atoms with van der Waals surface area (Å²) < 4.78 is 5.82. The molecule has 1 aromatic carbocycles.